The van der Waals surface area contributed by atoms with Crippen LogP contribution in [-0.4, -0.2) is 25.7 Å². The number of carbonyl (C=O) groups is 1. The first-order valence-electron chi connectivity index (χ1n) is 8.66. The number of hydrogen-bond donors (Lipinski definition) is 0. The van der Waals surface area contributed by atoms with Gasteiger partial charge in [0.1, 0.15) is 5.75 Å². The fraction of sp³-hybridized carbons (Fsp3) is 0.350. The van der Waals surface area contributed by atoms with Crippen molar-refractivity contribution >= 4 is 11.6 Å². The summed E-state index contributed by atoms with van der Waals surface area (Å²) >= 11 is 0. The van der Waals surface area contributed by atoms with Crippen molar-refractivity contribution in [3.63, 3.8) is 0 Å². The van der Waals surface area contributed by atoms with Gasteiger partial charge < -0.3 is 19.1 Å². The summed E-state index contributed by atoms with van der Waals surface area (Å²) in [4.78, 5) is 14.9. The summed E-state index contributed by atoms with van der Waals surface area (Å²) in [5.41, 5.74) is 2.67. The van der Waals surface area contributed by atoms with E-state index >= 15 is 0 Å². The van der Waals surface area contributed by atoms with Gasteiger partial charge >= 0.3 is 0 Å². The molecule has 1 saturated heterocycles. The molecule has 5 nitrogen and oxygen atoms in total. The van der Waals surface area contributed by atoms with Gasteiger partial charge in [0.2, 0.25) is 0 Å². The van der Waals surface area contributed by atoms with Gasteiger partial charge in [-0.3, -0.25) is 4.79 Å². The second kappa shape index (κ2) is 6.50. The van der Waals surface area contributed by atoms with Gasteiger partial charge in [-0.05, 0) is 37.1 Å². The summed E-state index contributed by atoms with van der Waals surface area (Å²) in [7, 11) is 0. The first kappa shape index (κ1) is 16.1. The molecule has 25 heavy (non-hydrogen) atoms. The molecular formula is C20H21NO4. The van der Waals surface area contributed by atoms with Crippen LogP contribution in [0.5, 0.6) is 5.75 Å². The Morgan fingerprint density at radius 3 is 2.52 bits per heavy atom. The maximum absolute atomic E-state index is 13.2. The normalized spacial score (nSPS) is 18.4. The van der Waals surface area contributed by atoms with Crippen LogP contribution >= 0.6 is 0 Å². The van der Waals surface area contributed by atoms with Crippen LogP contribution in [0.15, 0.2) is 48.5 Å². The van der Waals surface area contributed by atoms with Gasteiger partial charge in [0.05, 0.1) is 32.1 Å². The van der Waals surface area contributed by atoms with Crippen LogP contribution in [0.2, 0.25) is 0 Å². The van der Waals surface area contributed by atoms with Gasteiger partial charge in [-0.25, -0.2) is 0 Å². The number of benzene rings is 2. The van der Waals surface area contributed by atoms with Crippen LogP contribution in [-0.2, 0) is 26.6 Å². The molecule has 0 N–H and O–H groups in total. The van der Waals surface area contributed by atoms with Crippen molar-refractivity contribution in [2.75, 3.05) is 24.7 Å². The van der Waals surface area contributed by atoms with Crippen LogP contribution in [0, 0.1) is 0 Å². The van der Waals surface area contributed by atoms with Crippen molar-refractivity contribution in [2.24, 2.45) is 0 Å². The maximum atomic E-state index is 13.2. The minimum atomic E-state index is -1.28. The van der Waals surface area contributed by atoms with Crippen molar-refractivity contribution < 1.29 is 19.0 Å². The molecule has 2 aliphatic heterocycles. The number of amides is 1. The molecule has 0 aromatic heterocycles. The number of fused-ring (bicyclic) bond motifs is 2. The third-order valence-corrected chi connectivity index (χ3v) is 4.55. The lowest BCUT2D eigenvalue weighted by molar-refractivity contribution is -0.256. The zero-order valence-corrected chi connectivity index (χ0v) is 14.2. The van der Waals surface area contributed by atoms with E-state index in [1.165, 1.54) is 0 Å². The molecule has 4 rings (SSSR count). The highest BCUT2D eigenvalue weighted by atomic mass is 16.7. The Labute approximate surface area is 147 Å². The Morgan fingerprint density at radius 2 is 1.80 bits per heavy atom. The molecule has 0 unspecified atom stereocenters. The Morgan fingerprint density at radius 1 is 1.08 bits per heavy atom. The van der Waals surface area contributed by atoms with Crippen LogP contribution in [0.25, 0.3) is 0 Å². The Hall–Kier alpha value is -2.37. The lowest BCUT2D eigenvalue weighted by atomic mass is 10.1. The molecular weight excluding hydrogens is 318 g/mol. The minimum Gasteiger partial charge on any atom is -0.494 e. The van der Waals surface area contributed by atoms with E-state index in [-0.39, 0.29) is 5.91 Å². The average Bonchev–Trinajstić information content (AvgIpc) is 2.87. The maximum Gasteiger partial charge on any atom is 0.292 e. The number of carbonyl (C=O) groups excluding carboxylic acids is 1. The van der Waals surface area contributed by atoms with E-state index in [0.717, 1.165) is 29.0 Å². The highest BCUT2D eigenvalue weighted by molar-refractivity contribution is 6.06. The SMILES string of the molecule is CCOc1ccc(CN2C(=O)C3(OCCCO3)c3ccccc32)cc1. The van der Waals surface area contributed by atoms with Gasteiger partial charge in [0.25, 0.3) is 11.7 Å². The number of para-hydroxylation sites is 1. The third kappa shape index (κ3) is 2.69. The molecule has 0 saturated carbocycles. The van der Waals surface area contributed by atoms with Gasteiger partial charge in [0, 0.05) is 5.56 Å². The van der Waals surface area contributed by atoms with E-state index in [9.17, 15) is 4.79 Å². The Bertz CT molecular complexity index is 766. The number of ether oxygens (including phenoxy) is 3. The number of nitrogens with zero attached hydrogens (tertiary/aromatic N) is 1. The monoisotopic (exact) mass is 339 g/mol. The zero-order chi connectivity index (χ0) is 17.3. The molecule has 2 aromatic carbocycles. The molecule has 2 aliphatic rings. The molecule has 0 bridgehead atoms. The molecule has 1 fully saturated rings. The first-order chi connectivity index (χ1) is 12.2. The van der Waals surface area contributed by atoms with Gasteiger partial charge in [-0.1, -0.05) is 30.3 Å². The smallest absolute Gasteiger partial charge is 0.292 e. The van der Waals surface area contributed by atoms with E-state index in [0.29, 0.717) is 26.4 Å². The van der Waals surface area contributed by atoms with Crippen molar-refractivity contribution in [3.05, 3.63) is 59.7 Å². The Kier molecular flexibility index (Phi) is 4.19. The van der Waals surface area contributed by atoms with Crippen LogP contribution < -0.4 is 9.64 Å². The summed E-state index contributed by atoms with van der Waals surface area (Å²) in [6.07, 6.45) is 0.802. The van der Waals surface area contributed by atoms with Crippen molar-refractivity contribution in [1.29, 1.82) is 0 Å². The van der Waals surface area contributed by atoms with Gasteiger partial charge in [0.15, 0.2) is 0 Å². The quantitative estimate of drug-likeness (QED) is 0.858. The lowest BCUT2D eigenvalue weighted by Crippen LogP contribution is -2.47. The van der Waals surface area contributed by atoms with Gasteiger partial charge in [-0.2, -0.15) is 0 Å². The summed E-state index contributed by atoms with van der Waals surface area (Å²) in [5, 5.41) is 0. The predicted molar refractivity (Wildman–Crippen MR) is 93.4 cm³/mol. The molecule has 5 heteroatoms. The standard InChI is InChI=1S/C20H21NO4/c1-2-23-16-10-8-15(9-11-16)14-21-18-7-4-3-6-17(18)20(19(21)22)24-12-5-13-25-20/h3-4,6-11H,2,5,12-14H2,1H3. The highest BCUT2D eigenvalue weighted by Gasteiger charge is 2.54. The lowest BCUT2D eigenvalue weighted by Gasteiger charge is -2.32. The van der Waals surface area contributed by atoms with Crippen LogP contribution in [0.3, 0.4) is 0 Å². The second-order valence-corrected chi connectivity index (χ2v) is 6.15. The van der Waals surface area contributed by atoms with Crippen LogP contribution in [0.4, 0.5) is 5.69 Å². The second-order valence-electron chi connectivity index (χ2n) is 6.15. The summed E-state index contributed by atoms with van der Waals surface area (Å²) in [6, 6.07) is 15.5. The molecule has 2 heterocycles. The minimum absolute atomic E-state index is 0.151. The van der Waals surface area contributed by atoms with E-state index < -0.39 is 5.79 Å². The summed E-state index contributed by atoms with van der Waals surface area (Å²) in [6.45, 7) is 4.11. The molecule has 130 valence electrons. The molecule has 1 amide bonds. The van der Waals surface area contributed by atoms with Crippen molar-refractivity contribution in [3.8, 4) is 5.75 Å². The third-order valence-electron chi connectivity index (χ3n) is 4.55. The Balaban J connectivity index is 1.64. The zero-order valence-electron chi connectivity index (χ0n) is 14.2. The number of rotatable bonds is 4. The van der Waals surface area contributed by atoms with Gasteiger partial charge in [-0.15, -0.1) is 0 Å². The fourth-order valence-corrected chi connectivity index (χ4v) is 3.40. The largest absolute Gasteiger partial charge is 0.494 e. The van der Waals surface area contributed by atoms with E-state index in [2.05, 4.69) is 0 Å². The number of hydrogen-bond acceptors (Lipinski definition) is 4. The topological polar surface area (TPSA) is 48.0 Å². The first-order valence-corrected chi connectivity index (χ1v) is 8.66. The van der Waals surface area contributed by atoms with Crippen LogP contribution in [0.1, 0.15) is 24.5 Å². The highest BCUT2D eigenvalue weighted by Crippen LogP contribution is 2.45. The van der Waals surface area contributed by atoms with Crippen molar-refractivity contribution in [2.45, 2.75) is 25.7 Å². The molecule has 2 aromatic rings. The van der Waals surface area contributed by atoms with E-state index in [4.69, 9.17) is 14.2 Å². The molecule has 1 spiro atoms. The summed E-state index contributed by atoms with van der Waals surface area (Å²) in [5.74, 6) is -0.600. The van der Waals surface area contributed by atoms with Crippen molar-refractivity contribution in [1.82, 2.24) is 0 Å². The summed E-state index contributed by atoms with van der Waals surface area (Å²) < 4.78 is 17.2. The molecule has 0 atom stereocenters. The van der Waals surface area contributed by atoms with E-state index in [1.54, 1.807) is 4.90 Å². The number of anilines is 1. The molecule has 0 radical (unpaired) electrons. The molecule has 0 aliphatic carbocycles. The fourth-order valence-electron chi connectivity index (χ4n) is 3.40. The predicted octanol–water partition coefficient (Wildman–Crippen LogP) is 3.22. The van der Waals surface area contributed by atoms with E-state index in [1.807, 2.05) is 55.5 Å². The average molecular weight is 339 g/mol.